The Balaban J connectivity index is 0.000000806. The van der Waals surface area contributed by atoms with Gasteiger partial charge in [-0.1, -0.05) is 42.1 Å². The molecule has 0 spiro atoms. The topological polar surface area (TPSA) is 115 Å². The van der Waals surface area contributed by atoms with E-state index >= 15 is 0 Å². The summed E-state index contributed by atoms with van der Waals surface area (Å²) in [5, 5.41) is 7.72. The highest BCUT2D eigenvalue weighted by Crippen LogP contribution is 2.36. The minimum absolute atomic E-state index is 0.159. The fourth-order valence-electron chi connectivity index (χ4n) is 2.64. The van der Waals surface area contributed by atoms with E-state index in [9.17, 15) is 4.39 Å². The van der Waals surface area contributed by atoms with Crippen LogP contribution >= 0.6 is 11.8 Å². The van der Waals surface area contributed by atoms with Crippen molar-refractivity contribution in [3.05, 3.63) is 79.3 Å². The molecule has 150 valence electrons. The summed E-state index contributed by atoms with van der Waals surface area (Å²) in [6, 6.07) is 14.8. The van der Waals surface area contributed by atoms with Crippen LogP contribution in [0, 0.1) is 5.82 Å². The van der Waals surface area contributed by atoms with Crippen molar-refractivity contribution < 1.29 is 14.3 Å². The summed E-state index contributed by atoms with van der Waals surface area (Å²) < 4.78 is 14.8. The fraction of sp³-hybridized carbons (Fsp3) is 0. The number of nitrogens with two attached hydrogens (primary N) is 1. The molecule has 0 aliphatic rings. The lowest BCUT2D eigenvalue weighted by Gasteiger charge is -2.11. The maximum absolute atomic E-state index is 14.8. The molecule has 9 heteroatoms. The second kappa shape index (κ2) is 10.1. The number of halogens is 1. The van der Waals surface area contributed by atoms with Crippen LogP contribution in [0.1, 0.15) is 0 Å². The smallest absolute Gasteiger partial charge is 0.290 e. The van der Waals surface area contributed by atoms with Crippen LogP contribution in [0.5, 0.6) is 0 Å². The number of benzene rings is 2. The minimum atomic E-state index is -0.345. The largest absolute Gasteiger partial charge is 0.483 e. The predicted octanol–water partition coefficient (Wildman–Crippen LogP) is 4.17. The summed E-state index contributed by atoms with van der Waals surface area (Å²) in [6.45, 7) is -0.250. The van der Waals surface area contributed by atoms with Gasteiger partial charge in [-0.15, -0.1) is 0 Å². The summed E-state index contributed by atoms with van der Waals surface area (Å²) in [5.74, 6) is -0.186. The molecular weight excluding hydrogens is 405 g/mol. The zero-order chi connectivity index (χ0) is 21.3. The molecule has 0 unspecified atom stereocenters. The van der Waals surface area contributed by atoms with E-state index in [1.54, 1.807) is 12.3 Å². The van der Waals surface area contributed by atoms with Gasteiger partial charge in [-0.05, 0) is 29.3 Å². The van der Waals surface area contributed by atoms with Crippen molar-refractivity contribution >= 4 is 24.2 Å². The van der Waals surface area contributed by atoms with E-state index < -0.39 is 0 Å². The molecule has 0 amide bonds. The lowest BCUT2D eigenvalue weighted by molar-refractivity contribution is -0.122. The number of hydrogen-bond donors (Lipinski definition) is 2. The molecule has 0 bridgehead atoms. The number of hydrogen-bond acceptors (Lipinski definition) is 7. The second-order valence-corrected chi connectivity index (χ2v) is 6.84. The zero-order valence-corrected chi connectivity index (χ0v) is 16.3. The average molecular weight is 421 g/mol. The van der Waals surface area contributed by atoms with Gasteiger partial charge in [-0.3, -0.25) is 4.79 Å². The third-order valence-electron chi connectivity index (χ3n) is 3.92. The Morgan fingerprint density at radius 3 is 2.37 bits per heavy atom. The van der Waals surface area contributed by atoms with Crippen LogP contribution in [0.4, 0.5) is 10.3 Å². The van der Waals surface area contributed by atoms with Crippen molar-refractivity contribution in [1.82, 2.24) is 19.9 Å². The van der Waals surface area contributed by atoms with Gasteiger partial charge in [-0.2, -0.15) is 0 Å². The Labute approximate surface area is 175 Å². The molecule has 0 aliphatic carbocycles. The SMILES string of the molecule is Nc1ncc(-c2ccc(-c3ccccc3Sc3ccncn3)cc2F)cn1.O=CO. The summed E-state index contributed by atoms with van der Waals surface area (Å²) in [6.07, 6.45) is 6.23. The number of nitrogens with zero attached hydrogens (tertiary/aromatic N) is 4. The molecule has 3 N–H and O–H groups in total. The van der Waals surface area contributed by atoms with Crippen molar-refractivity contribution in [2.24, 2.45) is 0 Å². The summed E-state index contributed by atoms with van der Waals surface area (Å²) in [4.78, 5) is 25.4. The van der Waals surface area contributed by atoms with Crippen LogP contribution in [-0.4, -0.2) is 31.5 Å². The third-order valence-corrected chi connectivity index (χ3v) is 4.95. The number of nitrogen functional groups attached to an aromatic ring is 1. The van der Waals surface area contributed by atoms with Crippen LogP contribution in [0.2, 0.25) is 0 Å². The van der Waals surface area contributed by atoms with E-state index in [0.29, 0.717) is 11.1 Å². The molecule has 30 heavy (non-hydrogen) atoms. The first-order chi connectivity index (χ1) is 14.6. The van der Waals surface area contributed by atoms with Gasteiger partial charge in [0.15, 0.2) is 0 Å². The Morgan fingerprint density at radius 2 is 1.70 bits per heavy atom. The quantitative estimate of drug-likeness (QED) is 0.373. The molecule has 4 rings (SSSR count). The standard InChI is InChI=1S/C20H14FN5S.CH2O2/c21-17-9-13(5-6-15(17)14-10-24-20(22)25-11-14)16-3-1-2-4-18(16)27-19-7-8-23-12-26-19;2-1-3/h1-12H,(H2,22,24,25);1H,(H,2,3). The van der Waals surface area contributed by atoms with Gasteiger partial charge in [0, 0.05) is 34.6 Å². The molecule has 0 saturated carbocycles. The highest BCUT2D eigenvalue weighted by atomic mass is 32.2. The van der Waals surface area contributed by atoms with Gasteiger partial charge >= 0.3 is 0 Å². The first-order valence-corrected chi connectivity index (χ1v) is 9.42. The highest BCUT2D eigenvalue weighted by molar-refractivity contribution is 7.99. The van der Waals surface area contributed by atoms with Crippen LogP contribution in [0.25, 0.3) is 22.3 Å². The van der Waals surface area contributed by atoms with Crippen molar-refractivity contribution in [1.29, 1.82) is 0 Å². The van der Waals surface area contributed by atoms with Crippen LogP contribution in [0.15, 0.2) is 83.4 Å². The monoisotopic (exact) mass is 421 g/mol. The van der Waals surface area contributed by atoms with E-state index in [4.69, 9.17) is 15.6 Å². The number of carbonyl (C=O) groups is 1. The van der Waals surface area contributed by atoms with Gasteiger partial charge in [0.1, 0.15) is 17.2 Å². The number of anilines is 1. The molecular formula is C21H16FN5O2S. The first-order valence-electron chi connectivity index (χ1n) is 8.61. The molecule has 0 atom stereocenters. The van der Waals surface area contributed by atoms with Gasteiger partial charge < -0.3 is 10.8 Å². The lowest BCUT2D eigenvalue weighted by Crippen LogP contribution is -1.95. The van der Waals surface area contributed by atoms with E-state index in [2.05, 4.69) is 19.9 Å². The lowest BCUT2D eigenvalue weighted by atomic mass is 10.0. The van der Waals surface area contributed by atoms with Crippen LogP contribution < -0.4 is 5.73 Å². The zero-order valence-electron chi connectivity index (χ0n) is 15.5. The Morgan fingerprint density at radius 1 is 0.967 bits per heavy atom. The molecule has 0 aliphatic heterocycles. The van der Waals surface area contributed by atoms with Crippen LogP contribution in [0.3, 0.4) is 0 Å². The Bertz CT molecular complexity index is 1130. The van der Waals surface area contributed by atoms with E-state index in [1.165, 1.54) is 36.5 Å². The van der Waals surface area contributed by atoms with E-state index in [-0.39, 0.29) is 18.2 Å². The summed E-state index contributed by atoms with van der Waals surface area (Å²) in [7, 11) is 0. The molecule has 2 heterocycles. The van der Waals surface area contributed by atoms with Crippen LogP contribution in [-0.2, 0) is 4.79 Å². The fourth-order valence-corrected chi connectivity index (χ4v) is 3.54. The molecule has 2 aromatic carbocycles. The normalized spacial score (nSPS) is 10.0. The maximum atomic E-state index is 14.8. The molecule has 2 aromatic heterocycles. The Kier molecular flexibility index (Phi) is 7.01. The molecule has 4 aromatic rings. The number of rotatable bonds is 4. The van der Waals surface area contributed by atoms with Crippen molar-refractivity contribution in [2.45, 2.75) is 9.92 Å². The molecule has 7 nitrogen and oxygen atoms in total. The van der Waals surface area contributed by atoms with Gasteiger partial charge in [0.2, 0.25) is 5.95 Å². The van der Waals surface area contributed by atoms with Gasteiger partial charge in [0.05, 0.1) is 0 Å². The number of carboxylic acid groups (broad SMARTS) is 1. The minimum Gasteiger partial charge on any atom is -0.483 e. The van der Waals surface area contributed by atoms with Crippen molar-refractivity contribution in [2.75, 3.05) is 5.73 Å². The summed E-state index contributed by atoms with van der Waals surface area (Å²) in [5.41, 5.74) is 8.22. The first kappa shape index (κ1) is 20.9. The van der Waals surface area contributed by atoms with E-state index in [0.717, 1.165) is 21.0 Å². The average Bonchev–Trinajstić information content (AvgIpc) is 2.76. The van der Waals surface area contributed by atoms with E-state index in [1.807, 2.05) is 36.4 Å². The third kappa shape index (κ3) is 5.15. The van der Waals surface area contributed by atoms with Gasteiger partial charge in [-0.25, -0.2) is 24.3 Å². The Hall–Kier alpha value is -3.85. The maximum Gasteiger partial charge on any atom is 0.290 e. The molecule has 0 saturated heterocycles. The summed E-state index contributed by atoms with van der Waals surface area (Å²) >= 11 is 1.51. The van der Waals surface area contributed by atoms with Gasteiger partial charge in [0.25, 0.3) is 6.47 Å². The molecule has 0 radical (unpaired) electrons. The second-order valence-electron chi connectivity index (χ2n) is 5.78. The van der Waals surface area contributed by atoms with Crippen molar-refractivity contribution in [3.63, 3.8) is 0 Å². The molecule has 0 fully saturated rings. The highest BCUT2D eigenvalue weighted by Gasteiger charge is 2.11. The van der Waals surface area contributed by atoms with Crippen molar-refractivity contribution in [3.8, 4) is 22.3 Å². The number of aromatic nitrogens is 4. The predicted molar refractivity (Wildman–Crippen MR) is 112 cm³/mol.